The van der Waals surface area contributed by atoms with Gasteiger partial charge in [-0.25, -0.2) is 0 Å². The first kappa shape index (κ1) is 11.7. The first-order valence-corrected chi connectivity index (χ1v) is 5.15. The predicted octanol–water partition coefficient (Wildman–Crippen LogP) is 4.30. The number of hydrogen-bond donors (Lipinski definition) is 0. The minimum absolute atomic E-state index is 0.0486. The molecular weight excluding hydrogens is 219 g/mol. The van der Waals surface area contributed by atoms with E-state index in [0.29, 0.717) is 10.0 Å². The minimum atomic E-state index is -0.0486. The van der Waals surface area contributed by atoms with Gasteiger partial charge in [0, 0.05) is 15.6 Å². The number of halogens is 2. The molecule has 14 heavy (non-hydrogen) atoms. The second-order valence-corrected chi connectivity index (χ2v) is 5.06. The third kappa shape index (κ3) is 2.34. The molecule has 0 unspecified atom stereocenters. The summed E-state index contributed by atoms with van der Waals surface area (Å²) in [4.78, 5) is 0. The first-order valence-electron chi connectivity index (χ1n) is 4.40. The zero-order valence-corrected chi connectivity index (χ0v) is 10.3. The second kappa shape index (κ2) is 4.00. The maximum absolute atomic E-state index is 6.13. The Hall–Kier alpha value is -0.400. The molecule has 1 rings (SSSR count). The van der Waals surface area contributed by atoms with Crippen LogP contribution in [0.1, 0.15) is 26.3 Å². The van der Waals surface area contributed by atoms with E-state index in [-0.39, 0.29) is 5.41 Å². The van der Waals surface area contributed by atoms with Crippen LogP contribution >= 0.6 is 23.2 Å². The van der Waals surface area contributed by atoms with Crippen LogP contribution in [0, 0.1) is 0 Å². The smallest absolute Gasteiger partial charge is 0.125 e. The van der Waals surface area contributed by atoms with Crippen LogP contribution in [-0.2, 0) is 5.41 Å². The molecule has 3 heteroatoms. The molecule has 1 aromatic rings. The Morgan fingerprint density at radius 3 is 2.14 bits per heavy atom. The summed E-state index contributed by atoms with van der Waals surface area (Å²) < 4.78 is 5.26. The number of ether oxygens (including phenoxy) is 1. The number of methoxy groups -OCH3 is 1. The molecule has 0 saturated heterocycles. The molecule has 0 aromatic heterocycles. The Morgan fingerprint density at radius 2 is 1.71 bits per heavy atom. The Kier molecular flexibility index (Phi) is 3.33. The number of benzene rings is 1. The van der Waals surface area contributed by atoms with Gasteiger partial charge >= 0.3 is 0 Å². The zero-order chi connectivity index (χ0) is 10.9. The van der Waals surface area contributed by atoms with Gasteiger partial charge in [-0.1, -0.05) is 44.0 Å². The Morgan fingerprint density at radius 1 is 1.14 bits per heavy atom. The summed E-state index contributed by atoms with van der Waals surface area (Å²) in [5, 5.41) is 1.25. The van der Waals surface area contributed by atoms with E-state index in [1.807, 2.05) is 0 Å². The average molecular weight is 233 g/mol. The minimum Gasteiger partial charge on any atom is -0.496 e. The molecule has 0 fully saturated rings. The summed E-state index contributed by atoms with van der Waals surface area (Å²) in [6, 6.07) is 3.53. The second-order valence-electron chi connectivity index (χ2n) is 4.21. The largest absolute Gasteiger partial charge is 0.496 e. The van der Waals surface area contributed by atoms with Gasteiger partial charge in [0.2, 0.25) is 0 Å². The predicted molar refractivity (Wildman–Crippen MR) is 61.7 cm³/mol. The lowest BCUT2D eigenvalue weighted by Gasteiger charge is -2.23. The molecular formula is C11H14Cl2O. The molecule has 0 heterocycles. The van der Waals surface area contributed by atoms with Crippen LogP contribution in [0.15, 0.2) is 12.1 Å². The fraction of sp³-hybridized carbons (Fsp3) is 0.455. The maximum atomic E-state index is 6.13. The lowest BCUT2D eigenvalue weighted by molar-refractivity contribution is 0.397. The van der Waals surface area contributed by atoms with E-state index < -0.39 is 0 Å². The molecule has 78 valence electrons. The molecule has 0 atom stereocenters. The third-order valence-corrected chi connectivity index (χ3v) is 2.51. The van der Waals surface area contributed by atoms with Crippen LogP contribution in [0.25, 0.3) is 0 Å². The molecule has 0 bridgehead atoms. The van der Waals surface area contributed by atoms with Crippen molar-refractivity contribution in [3.63, 3.8) is 0 Å². The van der Waals surface area contributed by atoms with Gasteiger partial charge in [-0.15, -0.1) is 0 Å². The molecule has 0 aliphatic heterocycles. The molecule has 0 amide bonds. The van der Waals surface area contributed by atoms with Crippen molar-refractivity contribution >= 4 is 23.2 Å². The van der Waals surface area contributed by atoms with E-state index in [9.17, 15) is 0 Å². The summed E-state index contributed by atoms with van der Waals surface area (Å²) in [5.41, 5.74) is 0.943. The summed E-state index contributed by atoms with van der Waals surface area (Å²) in [6.07, 6.45) is 0. The van der Waals surface area contributed by atoms with Crippen molar-refractivity contribution in [2.24, 2.45) is 0 Å². The molecule has 1 nitrogen and oxygen atoms in total. The van der Waals surface area contributed by atoms with Crippen molar-refractivity contribution in [1.29, 1.82) is 0 Å². The van der Waals surface area contributed by atoms with Crippen LogP contribution in [0.2, 0.25) is 10.0 Å². The van der Waals surface area contributed by atoms with E-state index >= 15 is 0 Å². The normalized spacial score (nSPS) is 11.6. The lowest BCUT2D eigenvalue weighted by Crippen LogP contribution is -2.13. The van der Waals surface area contributed by atoms with Crippen molar-refractivity contribution < 1.29 is 4.74 Å². The van der Waals surface area contributed by atoms with Crippen LogP contribution in [-0.4, -0.2) is 7.11 Å². The van der Waals surface area contributed by atoms with E-state index in [2.05, 4.69) is 20.8 Å². The average Bonchev–Trinajstić information content (AvgIpc) is 1.99. The quantitative estimate of drug-likeness (QED) is 0.702. The third-order valence-electron chi connectivity index (χ3n) is 1.99. The van der Waals surface area contributed by atoms with Gasteiger partial charge in [0.15, 0.2) is 0 Å². The van der Waals surface area contributed by atoms with Crippen molar-refractivity contribution in [2.45, 2.75) is 26.2 Å². The van der Waals surface area contributed by atoms with Gasteiger partial charge in [0.1, 0.15) is 5.75 Å². The molecule has 0 aliphatic carbocycles. The number of rotatable bonds is 1. The molecule has 0 saturated carbocycles. The number of hydrogen-bond acceptors (Lipinski definition) is 1. The van der Waals surface area contributed by atoms with Crippen LogP contribution < -0.4 is 4.74 Å². The summed E-state index contributed by atoms with van der Waals surface area (Å²) in [6.45, 7) is 6.26. The summed E-state index contributed by atoms with van der Waals surface area (Å²) in [5.74, 6) is 0.745. The van der Waals surface area contributed by atoms with Gasteiger partial charge in [-0.2, -0.15) is 0 Å². The van der Waals surface area contributed by atoms with Crippen molar-refractivity contribution in [2.75, 3.05) is 7.11 Å². The highest BCUT2D eigenvalue weighted by molar-refractivity contribution is 6.35. The van der Waals surface area contributed by atoms with E-state index in [1.165, 1.54) is 0 Å². The van der Waals surface area contributed by atoms with Gasteiger partial charge in [0.25, 0.3) is 0 Å². The van der Waals surface area contributed by atoms with Crippen LogP contribution in [0.5, 0.6) is 5.75 Å². The zero-order valence-electron chi connectivity index (χ0n) is 8.82. The Bertz CT molecular complexity index is 340. The molecule has 0 aliphatic rings. The van der Waals surface area contributed by atoms with Gasteiger partial charge in [-0.3, -0.25) is 0 Å². The fourth-order valence-electron chi connectivity index (χ4n) is 1.44. The van der Waals surface area contributed by atoms with E-state index in [4.69, 9.17) is 27.9 Å². The van der Waals surface area contributed by atoms with Gasteiger partial charge in [-0.05, 0) is 17.5 Å². The molecule has 1 aromatic carbocycles. The molecule has 0 spiro atoms. The van der Waals surface area contributed by atoms with Gasteiger partial charge < -0.3 is 4.74 Å². The van der Waals surface area contributed by atoms with Crippen LogP contribution in [0.4, 0.5) is 0 Å². The van der Waals surface area contributed by atoms with Crippen molar-refractivity contribution in [3.05, 3.63) is 27.7 Å². The van der Waals surface area contributed by atoms with Crippen molar-refractivity contribution in [1.82, 2.24) is 0 Å². The highest BCUT2D eigenvalue weighted by Crippen LogP contribution is 2.39. The first-order chi connectivity index (χ1) is 6.36. The molecule has 0 radical (unpaired) electrons. The highest BCUT2D eigenvalue weighted by Gasteiger charge is 2.22. The van der Waals surface area contributed by atoms with Crippen molar-refractivity contribution in [3.8, 4) is 5.75 Å². The van der Waals surface area contributed by atoms with Gasteiger partial charge in [0.05, 0.1) is 7.11 Å². The maximum Gasteiger partial charge on any atom is 0.125 e. The summed E-state index contributed by atoms with van der Waals surface area (Å²) in [7, 11) is 1.62. The molecule has 0 N–H and O–H groups in total. The van der Waals surface area contributed by atoms with E-state index in [0.717, 1.165) is 11.3 Å². The topological polar surface area (TPSA) is 9.23 Å². The standard InChI is InChI=1S/C11H14Cl2O/c1-11(2,3)10-8(13)5-7(12)6-9(10)14-4/h5-6H,1-4H3. The Balaban J connectivity index is 3.40. The Labute approximate surface area is 95.0 Å². The monoisotopic (exact) mass is 232 g/mol. The van der Waals surface area contributed by atoms with E-state index in [1.54, 1.807) is 19.2 Å². The van der Waals surface area contributed by atoms with Crippen LogP contribution in [0.3, 0.4) is 0 Å². The fourth-order valence-corrected chi connectivity index (χ4v) is 2.20. The highest BCUT2D eigenvalue weighted by atomic mass is 35.5. The lowest BCUT2D eigenvalue weighted by atomic mass is 9.86. The SMILES string of the molecule is COc1cc(Cl)cc(Cl)c1C(C)(C)C. The summed E-state index contributed by atoms with van der Waals surface area (Å²) >= 11 is 12.0.